The average molecular weight is 442 g/mol. The van der Waals surface area contributed by atoms with Crippen LogP contribution in [0.5, 0.6) is 5.75 Å². The van der Waals surface area contributed by atoms with Crippen molar-refractivity contribution in [1.29, 1.82) is 0 Å². The lowest BCUT2D eigenvalue weighted by atomic mass is 10.1. The van der Waals surface area contributed by atoms with E-state index in [9.17, 15) is 9.59 Å². The number of aryl methyl sites for hydroxylation is 1. The van der Waals surface area contributed by atoms with Gasteiger partial charge in [0.1, 0.15) is 11.6 Å². The molecule has 6 heteroatoms. The standard InChI is InChI=1S/C27H27N3O3/c1-33-22-15-13-20(14-16-22)18-27(32)28-17-7-12-26-29-23-10-5-6-11-24(23)30(26)19-25(31)21-8-3-2-4-9-21/h2-6,8-11,13-16H,7,12,17-19H2,1H3,(H,28,32). The number of Topliss-reactive ketones (excluding diaryl/α,β-unsaturated/α-hetero) is 1. The largest absolute Gasteiger partial charge is 0.497 e. The average Bonchev–Trinajstić information content (AvgIpc) is 3.20. The topological polar surface area (TPSA) is 73.2 Å². The van der Waals surface area contributed by atoms with Crippen LogP contribution in [0.15, 0.2) is 78.9 Å². The van der Waals surface area contributed by atoms with E-state index in [1.165, 1.54) is 0 Å². The first-order chi connectivity index (χ1) is 16.1. The number of aromatic nitrogens is 2. The number of carbonyl (C=O) groups excluding carboxylic acids is 2. The van der Waals surface area contributed by atoms with Crippen LogP contribution in [0, 0.1) is 0 Å². The molecule has 0 spiro atoms. The molecule has 0 aliphatic heterocycles. The molecule has 0 aliphatic carbocycles. The minimum Gasteiger partial charge on any atom is -0.497 e. The van der Waals surface area contributed by atoms with Gasteiger partial charge < -0.3 is 14.6 Å². The maximum absolute atomic E-state index is 12.8. The van der Waals surface area contributed by atoms with Crippen LogP contribution in [-0.4, -0.2) is 34.9 Å². The molecule has 0 unspecified atom stereocenters. The van der Waals surface area contributed by atoms with Gasteiger partial charge in [-0.05, 0) is 36.2 Å². The first kappa shape index (κ1) is 22.3. The molecule has 0 fully saturated rings. The van der Waals surface area contributed by atoms with E-state index < -0.39 is 0 Å². The fourth-order valence-electron chi connectivity index (χ4n) is 3.82. The van der Waals surface area contributed by atoms with Crippen LogP contribution in [0.2, 0.25) is 0 Å². The first-order valence-electron chi connectivity index (χ1n) is 11.1. The lowest BCUT2D eigenvalue weighted by Crippen LogP contribution is -2.26. The van der Waals surface area contributed by atoms with Crippen molar-refractivity contribution < 1.29 is 14.3 Å². The SMILES string of the molecule is COc1ccc(CC(=O)NCCCc2nc3ccccc3n2CC(=O)c2ccccc2)cc1. The van der Waals surface area contributed by atoms with Gasteiger partial charge >= 0.3 is 0 Å². The summed E-state index contributed by atoms with van der Waals surface area (Å²) in [5.74, 6) is 1.65. The summed E-state index contributed by atoms with van der Waals surface area (Å²) >= 11 is 0. The molecule has 1 N–H and O–H groups in total. The number of ketones is 1. The van der Waals surface area contributed by atoms with Gasteiger partial charge in [-0.1, -0.05) is 54.6 Å². The monoisotopic (exact) mass is 441 g/mol. The predicted molar refractivity (Wildman–Crippen MR) is 129 cm³/mol. The second-order valence-electron chi connectivity index (χ2n) is 7.87. The fraction of sp³-hybridized carbons (Fsp3) is 0.222. The zero-order chi connectivity index (χ0) is 23.0. The fourth-order valence-corrected chi connectivity index (χ4v) is 3.82. The normalized spacial score (nSPS) is 10.8. The second-order valence-corrected chi connectivity index (χ2v) is 7.87. The summed E-state index contributed by atoms with van der Waals surface area (Å²) in [6, 6.07) is 24.6. The number of methoxy groups -OCH3 is 1. The Kier molecular flexibility index (Phi) is 7.15. The van der Waals surface area contributed by atoms with E-state index in [0.717, 1.165) is 34.6 Å². The van der Waals surface area contributed by atoms with Gasteiger partial charge in [-0.25, -0.2) is 4.98 Å². The van der Waals surface area contributed by atoms with Gasteiger partial charge in [0.15, 0.2) is 5.78 Å². The zero-order valence-corrected chi connectivity index (χ0v) is 18.7. The summed E-state index contributed by atoms with van der Waals surface area (Å²) < 4.78 is 7.14. The molecule has 4 rings (SSSR count). The molecule has 0 bridgehead atoms. The summed E-state index contributed by atoms with van der Waals surface area (Å²) in [6.07, 6.45) is 1.73. The third kappa shape index (κ3) is 5.66. The predicted octanol–water partition coefficient (Wildman–Crippen LogP) is 4.22. The molecule has 0 aliphatic rings. The Morgan fingerprint density at radius 3 is 2.42 bits per heavy atom. The van der Waals surface area contributed by atoms with Gasteiger partial charge in [-0.2, -0.15) is 0 Å². The Hall–Kier alpha value is -3.93. The number of para-hydroxylation sites is 2. The maximum atomic E-state index is 12.8. The minimum absolute atomic E-state index is 0.0204. The molecule has 0 saturated heterocycles. The summed E-state index contributed by atoms with van der Waals surface area (Å²) in [4.78, 5) is 29.9. The zero-order valence-electron chi connectivity index (χ0n) is 18.7. The van der Waals surface area contributed by atoms with Crippen LogP contribution in [-0.2, 0) is 24.2 Å². The Balaban J connectivity index is 1.36. The van der Waals surface area contributed by atoms with Crippen molar-refractivity contribution in [2.75, 3.05) is 13.7 Å². The van der Waals surface area contributed by atoms with Crippen LogP contribution >= 0.6 is 0 Å². The van der Waals surface area contributed by atoms with E-state index >= 15 is 0 Å². The van der Waals surface area contributed by atoms with Crippen LogP contribution in [0.25, 0.3) is 11.0 Å². The van der Waals surface area contributed by atoms with Crippen molar-refractivity contribution in [2.24, 2.45) is 0 Å². The number of nitrogens with zero attached hydrogens (tertiary/aromatic N) is 2. The molecule has 6 nitrogen and oxygen atoms in total. The Labute approximate surface area is 193 Å². The number of carbonyl (C=O) groups is 2. The van der Waals surface area contributed by atoms with Gasteiger partial charge in [-0.15, -0.1) is 0 Å². The number of benzene rings is 3. The van der Waals surface area contributed by atoms with E-state index in [2.05, 4.69) is 5.32 Å². The number of imidazole rings is 1. The highest BCUT2D eigenvalue weighted by atomic mass is 16.5. The van der Waals surface area contributed by atoms with Crippen LogP contribution in [0.4, 0.5) is 0 Å². The molecular formula is C27H27N3O3. The number of rotatable bonds is 10. The maximum Gasteiger partial charge on any atom is 0.224 e. The lowest BCUT2D eigenvalue weighted by Gasteiger charge is -2.10. The molecular weight excluding hydrogens is 414 g/mol. The van der Waals surface area contributed by atoms with Gasteiger partial charge in [0.25, 0.3) is 0 Å². The van der Waals surface area contributed by atoms with E-state index in [1.54, 1.807) is 7.11 Å². The molecule has 3 aromatic carbocycles. The third-order valence-electron chi connectivity index (χ3n) is 5.55. The quantitative estimate of drug-likeness (QED) is 0.295. The molecule has 4 aromatic rings. The number of nitrogens with one attached hydrogen (secondary N) is 1. The van der Waals surface area contributed by atoms with Crippen molar-refractivity contribution in [1.82, 2.24) is 14.9 Å². The number of hydrogen-bond acceptors (Lipinski definition) is 4. The summed E-state index contributed by atoms with van der Waals surface area (Å²) in [7, 11) is 1.62. The van der Waals surface area contributed by atoms with Crippen molar-refractivity contribution in [3.05, 3.63) is 95.8 Å². The molecule has 0 saturated carbocycles. The van der Waals surface area contributed by atoms with E-state index in [4.69, 9.17) is 9.72 Å². The highest BCUT2D eigenvalue weighted by Crippen LogP contribution is 2.18. The van der Waals surface area contributed by atoms with Crippen LogP contribution < -0.4 is 10.1 Å². The van der Waals surface area contributed by atoms with E-state index in [-0.39, 0.29) is 18.2 Å². The molecule has 1 heterocycles. The Morgan fingerprint density at radius 1 is 0.939 bits per heavy atom. The van der Waals surface area contributed by atoms with Crippen molar-refractivity contribution >= 4 is 22.7 Å². The summed E-state index contributed by atoms with van der Waals surface area (Å²) in [5.41, 5.74) is 3.44. The molecule has 1 aromatic heterocycles. The molecule has 1 amide bonds. The minimum atomic E-state index is -0.0204. The lowest BCUT2D eigenvalue weighted by molar-refractivity contribution is -0.120. The number of amides is 1. The smallest absolute Gasteiger partial charge is 0.224 e. The van der Waals surface area contributed by atoms with E-state index in [0.29, 0.717) is 24.9 Å². The van der Waals surface area contributed by atoms with E-state index in [1.807, 2.05) is 83.4 Å². The number of hydrogen-bond donors (Lipinski definition) is 1. The Bertz CT molecular complexity index is 1230. The third-order valence-corrected chi connectivity index (χ3v) is 5.55. The van der Waals surface area contributed by atoms with Gasteiger partial charge in [0.05, 0.1) is 31.1 Å². The summed E-state index contributed by atoms with van der Waals surface area (Å²) in [6.45, 7) is 0.786. The van der Waals surface area contributed by atoms with Crippen LogP contribution in [0.1, 0.15) is 28.2 Å². The number of ether oxygens (including phenoxy) is 1. The number of fused-ring (bicyclic) bond motifs is 1. The van der Waals surface area contributed by atoms with Gasteiger partial charge in [0.2, 0.25) is 5.91 Å². The highest BCUT2D eigenvalue weighted by Gasteiger charge is 2.14. The van der Waals surface area contributed by atoms with Crippen LogP contribution in [0.3, 0.4) is 0 Å². The molecule has 33 heavy (non-hydrogen) atoms. The molecule has 168 valence electrons. The Morgan fingerprint density at radius 2 is 1.67 bits per heavy atom. The molecule has 0 atom stereocenters. The first-order valence-corrected chi connectivity index (χ1v) is 11.1. The molecule has 0 radical (unpaired) electrons. The van der Waals surface area contributed by atoms with Crippen molar-refractivity contribution in [3.8, 4) is 5.75 Å². The van der Waals surface area contributed by atoms with Gasteiger partial charge in [-0.3, -0.25) is 9.59 Å². The van der Waals surface area contributed by atoms with Gasteiger partial charge in [0, 0.05) is 18.5 Å². The summed E-state index contributed by atoms with van der Waals surface area (Å²) in [5, 5.41) is 2.98. The van der Waals surface area contributed by atoms with Crippen molar-refractivity contribution in [2.45, 2.75) is 25.8 Å². The highest BCUT2D eigenvalue weighted by molar-refractivity contribution is 5.96. The van der Waals surface area contributed by atoms with Crippen molar-refractivity contribution in [3.63, 3.8) is 0 Å². The second kappa shape index (κ2) is 10.6.